The van der Waals surface area contributed by atoms with E-state index < -0.39 is 15.8 Å². The summed E-state index contributed by atoms with van der Waals surface area (Å²) in [5, 5.41) is 7.26. The van der Waals surface area contributed by atoms with Gasteiger partial charge in [-0.15, -0.1) is 0 Å². The van der Waals surface area contributed by atoms with Crippen LogP contribution in [-0.4, -0.2) is 31.6 Å². The van der Waals surface area contributed by atoms with E-state index in [0.29, 0.717) is 12.1 Å². The van der Waals surface area contributed by atoms with E-state index in [-0.39, 0.29) is 29.6 Å². The minimum absolute atomic E-state index is 0.0604. The Morgan fingerprint density at radius 1 is 1.43 bits per heavy atom. The second kappa shape index (κ2) is 7.00. The van der Waals surface area contributed by atoms with E-state index in [9.17, 15) is 12.8 Å². The normalized spacial score (nSPS) is 12.1. The molecular weight excluding hydrogens is 293 g/mol. The molecule has 0 atom stereocenters. The summed E-state index contributed by atoms with van der Waals surface area (Å²) in [6, 6.07) is 3.62. The zero-order valence-electron chi connectivity index (χ0n) is 12.6. The largest absolute Gasteiger partial charge is 0.388 e. The zero-order chi connectivity index (χ0) is 16.2. The molecule has 3 N–H and O–H groups in total. The molecule has 0 aromatic heterocycles. The fraction of sp³-hybridized carbons (Fsp3) is 0.500. The number of rotatable bonds is 7. The third kappa shape index (κ3) is 4.78. The zero-order valence-corrected chi connectivity index (χ0v) is 13.4. The highest BCUT2D eigenvalue weighted by Gasteiger charge is 2.26. The quantitative estimate of drug-likeness (QED) is 0.597. The molecule has 0 amide bonds. The number of hydrogen-bond donors (Lipinski definition) is 2. The van der Waals surface area contributed by atoms with E-state index in [2.05, 4.69) is 0 Å². The lowest BCUT2D eigenvalue weighted by molar-refractivity contribution is 0.374. The van der Waals surface area contributed by atoms with Crippen LogP contribution in [0.5, 0.6) is 0 Å². The van der Waals surface area contributed by atoms with Gasteiger partial charge in [-0.3, -0.25) is 5.41 Å². The number of benzene rings is 1. The molecule has 0 fully saturated rings. The first kappa shape index (κ1) is 17.6. The van der Waals surface area contributed by atoms with Gasteiger partial charge in [-0.2, -0.15) is 4.31 Å². The summed E-state index contributed by atoms with van der Waals surface area (Å²) in [5.74, 6) is -0.395. The van der Waals surface area contributed by atoms with Gasteiger partial charge in [0.15, 0.2) is 0 Å². The Balaban J connectivity index is 3.16. The van der Waals surface area contributed by atoms with Crippen molar-refractivity contribution in [3.8, 4) is 0 Å². The molecule has 1 rings (SSSR count). The Bertz CT molecular complexity index is 615. The molecule has 0 spiro atoms. The van der Waals surface area contributed by atoms with Crippen molar-refractivity contribution in [2.75, 3.05) is 13.1 Å². The van der Waals surface area contributed by atoms with E-state index in [1.807, 2.05) is 13.8 Å². The van der Waals surface area contributed by atoms with Crippen molar-refractivity contribution in [3.05, 3.63) is 29.6 Å². The van der Waals surface area contributed by atoms with Gasteiger partial charge in [0.25, 0.3) is 0 Å². The lowest BCUT2D eigenvalue weighted by Gasteiger charge is -2.24. The maximum absolute atomic E-state index is 13.1. The summed E-state index contributed by atoms with van der Waals surface area (Å²) in [6.07, 6.45) is 0.173. The Labute approximate surface area is 125 Å². The molecule has 0 aliphatic carbocycles. The van der Waals surface area contributed by atoms with E-state index >= 15 is 0 Å². The molecule has 7 heteroatoms. The number of sulfonamides is 1. The van der Waals surface area contributed by atoms with Gasteiger partial charge in [-0.05, 0) is 36.6 Å². The van der Waals surface area contributed by atoms with Crippen molar-refractivity contribution in [2.24, 2.45) is 11.7 Å². The topological polar surface area (TPSA) is 87.2 Å². The van der Waals surface area contributed by atoms with Crippen LogP contribution in [0.3, 0.4) is 0 Å². The van der Waals surface area contributed by atoms with Gasteiger partial charge in [0.2, 0.25) is 10.0 Å². The maximum atomic E-state index is 13.1. The Kier molecular flexibility index (Phi) is 5.86. The molecule has 0 saturated heterocycles. The lowest BCUT2D eigenvalue weighted by atomic mass is 10.2. The number of aryl methyl sites for hydroxylation is 1. The average molecular weight is 315 g/mol. The van der Waals surface area contributed by atoms with E-state index in [4.69, 9.17) is 11.1 Å². The number of amidine groups is 1. The fourth-order valence-electron chi connectivity index (χ4n) is 2.00. The molecule has 0 aliphatic heterocycles. The van der Waals surface area contributed by atoms with Crippen LogP contribution >= 0.6 is 0 Å². The van der Waals surface area contributed by atoms with E-state index in [1.54, 1.807) is 6.92 Å². The summed E-state index contributed by atoms with van der Waals surface area (Å²) in [7, 11) is -3.72. The molecular formula is C14H22FN3O2S. The number of halogens is 1. The molecule has 0 heterocycles. The van der Waals surface area contributed by atoms with Crippen LogP contribution in [0.15, 0.2) is 23.1 Å². The minimum Gasteiger partial charge on any atom is -0.388 e. The first-order chi connectivity index (χ1) is 9.64. The molecule has 0 saturated carbocycles. The Morgan fingerprint density at radius 3 is 2.52 bits per heavy atom. The van der Waals surface area contributed by atoms with E-state index in [1.165, 1.54) is 16.4 Å². The summed E-state index contributed by atoms with van der Waals surface area (Å²) >= 11 is 0. The first-order valence-corrected chi connectivity index (χ1v) is 8.17. The molecule has 0 aliphatic rings. The number of hydrogen-bond acceptors (Lipinski definition) is 3. The van der Waals surface area contributed by atoms with Crippen molar-refractivity contribution >= 4 is 15.9 Å². The molecule has 0 bridgehead atoms. The average Bonchev–Trinajstić information content (AvgIpc) is 2.33. The number of nitrogens with zero attached hydrogens (tertiary/aromatic N) is 1. The highest BCUT2D eigenvalue weighted by molar-refractivity contribution is 7.89. The predicted molar refractivity (Wildman–Crippen MR) is 81.3 cm³/mol. The fourth-order valence-corrected chi connectivity index (χ4v) is 3.81. The summed E-state index contributed by atoms with van der Waals surface area (Å²) < 4.78 is 39.9. The third-order valence-corrected chi connectivity index (χ3v) is 4.98. The van der Waals surface area contributed by atoms with Gasteiger partial charge < -0.3 is 5.73 Å². The Hall–Kier alpha value is -1.47. The van der Waals surface area contributed by atoms with Crippen LogP contribution in [-0.2, 0) is 10.0 Å². The van der Waals surface area contributed by atoms with Crippen LogP contribution < -0.4 is 5.73 Å². The molecule has 0 unspecified atom stereocenters. The third-order valence-electron chi connectivity index (χ3n) is 2.95. The van der Waals surface area contributed by atoms with Crippen molar-refractivity contribution in [2.45, 2.75) is 32.1 Å². The first-order valence-electron chi connectivity index (χ1n) is 6.73. The SMILES string of the molecule is Cc1cc(F)ccc1S(=O)(=O)N(CCC(=N)N)CC(C)C. The second-order valence-electron chi connectivity index (χ2n) is 5.44. The standard InChI is InChI=1S/C14H22FN3O2S/c1-10(2)9-18(7-6-14(16)17)21(19,20)13-5-4-12(15)8-11(13)3/h4-5,8,10H,6-7,9H2,1-3H3,(H3,16,17). The lowest BCUT2D eigenvalue weighted by Crippen LogP contribution is -2.37. The van der Waals surface area contributed by atoms with Crippen LogP contribution in [0.25, 0.3) is 0 Å². The summed E-state index contributed by atoms with van der Waals surface area (Å²) in [6.45, 7) is 5.86. The van der Waals surface area contributed by atoms with E-state index in [0.717, 1.165) is 6.07 Å². The van der Waals surface area contributed by atoms with Crippen molar-refractivity contribution in [3.63, 3.8) is 0 Å². The van der Waals surface area contributed by atoms with Gasteiger partial charge in [0.1, 0.15) is 5.82 Å². The molecule has 5 nitrogen and oxygen atoms in total. The molecule has 1 aromatic rings. The second-order valence-corrected chi connectivity index (χ2v) is 7.35. The summed E-state index contributed by atoms with van der Waals surface area (Å²) in [5.41, 5.74) is 5.68. The number of nitrogens with one attached hydrogen (secondary N) is 1. The van der Waals surface area contributed by atoms with Gasteiger partial charge in [0, 0.05) is 19.5 Å². The maximum Gasteiger partial charge on any atom is 0.243 e. The van der Waals surface area contributed by atoms with Crippen molar-refractivity contribution in [1.82, 2.24) is 4.31 Å². The number of nitrogens with two attached hydrogens (primary N) is 1. The predicted octanol–water partition coefficient (Wildman–Crippen LogP) is 2.11. The smallest absolute Gasteiger partial charge is 0.243 e. The molecule has 21 heavy (non-hydrogen) atoms. The molecule has 0 radical (unpaired) electrons. The highest BCUT2D eigenvalue weighted by Crippen LogP contribution is 2.22. The molecule has 118 valence electrons. The molecule has 1 aromatic carbocycles. The van der Waals surface area contributed by atoms with Gasteiger partial charge >= 0.3 is 0 Å². The van der Waals surface area contributed by atoms with Gasteiger partial charge in [0.05, 0.1) is 10.7 Å². The van der Waals surface area contributed by atoms with Crippen LogP contribution in [0, 0.1) is 24.1 Å². The van der Waals surface area contributed by atoms with Crippen LogP contribution in [0.4, 0.5) is 4.39 Å². The minimum atomic E-state index is -3.72. The Morgan fingerprint density at radius 2 is 2.05 bits per heavy atom. The monoisotopic (exact) mass is 315 g/mol. The summed E-state index contributed by atoms with van der Waals surface area (Å²) in [4.78, 5) is 0.0908. The van der Waals surface area contributed by atoms with Crippen molar-refractivity contribution in [1.29, 1.82) is 5.41 Å². The van der Waals surface area contributed by atoms with Gasteiger partial charge in [-0.1, -0.05) is 13.8 Å². The van der Waals surface area contributed by atoms with Crippen LogP contribution in [0.2, 0.25) is 0 Å². The van der Waals surface area contributed by atoms with Gasteiger partial charge in [-0.25, -0.2) is 12.8 Å². The van der Waals surface area contributed by atoms with Crippen molar-refractivity contribution < 1.29 is 12.8 Å². The van der Waals surface area contributed by atoms with Crippen LogP contribution in [0.1, 0.15) is 25.8 Å². The highest BCUT2D eigenvalue weighted by atomic mass is 32.2.